The fourth-order valence-corrected chi connectivity index (χ4v) is 5.79. The highest BCUT2D eigenvalue weighted by Crippen LogP contribution is 2.37. The summed E-state index contributed by atoms with van der Waals surface area (Å²) in [6.07, 6.45) is -2.89. The van der Waals surface area contributed by atoms with Crippen LogP contribution in [0, 0.1) is 23.7 Å². The molecule has 2 aliphatic rings. The van der Waals surface area contributed by atoms with Crippen LogP contribution in [-0.2, 0) is 44.6 Å². The first-order valence-electron chi connectivity index (χ1n) is 16.0. The van der Waals surface area contributed by atoms with Crippen molar-refractivity contribution >= 4 is 11.9 Å². The fraction of sp³-hybridized carbons (Fsp3) is 0.600. The zero-order chi connectivity index (χ0) is 32.3. The molecule has 0 bridgehead atoms. The van der Waals surface area contributed by atoms with Crippen molar-refractivity contribution in [2.75, 3.05) is 26.4 Å². The second-order valence-electron chi connectivity index (χ2n) is 12.2. The first kappa shape index (κ1) is 35.0. The highest BCUT2D eigenvalue weighted by molar-refractivity contribution is 5.89. The first-order valence-corrected chi connectivity index (χ1v) is 16.0. The number of ether oxygens (including phenoxy) is 7. The number of hydrogen-bond donors (Lipinski definition) is 1. The molecule has 0 radical (unpaired) electrons. The molecule has 2 aliphatic heterocycles. The zero-order valence-electron chi connectivity index (χ0n) is 27.0. The van der Waals surface area contributed by atoms with E-state index in [2.05, 4.69) is 6.92 Å². The number of hydrogen-bond acceptors (Lipinski definition) is 10. The van der Waals surface area contributed by atoms with E-state index in [9.17, 15) is 9.59 Å². The maximum Gasteiger partial charge on any atom is 0.338 e. The predicted molar refractivity (Wildman–Crippen MR) is 167 cm³/mol. The molecule has 2 saturated heterocycles. The number of rotatable bonds is 14. The maximum absolute atomic E-state index is 13.0. The SMILES string of the molecule is CC(=O)OC1[C@@H](OCC2O[C@H](OCCCN)C(OC(=O)c3ccccc3)[C@@H](C)[C@@H]2C)OC(COCc2ccccc2)[C@@H](C)[C@@H]1C. The molecule has 10 nitrogen and oxygen atoms in total. The van der Waals surface area contributed by atoms with E-state index in [1.54, 1.807) is 24.3 Å². The van der Waals surface area contributed by atoms with Gasteiger partial charge in [0, 0.05) is 18.8 Å². The third kappa shape index (κ3) is 9.57. The van der Waals surface area contributed by atoms with Gasteiger partial charge in [-0.3, -0.25) is 4.79 Å². The lowest BCUT2D eigenvalue weighted by Gasteiger charge is -2.46. The Labute approximate surface area is 266 Å². The van der Waals surface area contributed by atoms with Crippen molar-refractivity contribution in [3.05, 3.63) is 71.8 Å². The average Bonchev–Trinajstić information content (AvgIpc) is 3.04. The topological polar surface area (TPSA) is 125 Å². The lowest BCUT2D eigenvalue weighted by Crippen LogP contribution is -2.56. The van der Waals surface area contributed by atoms with E-state index in [1.165, 1.54) is 6.92 Å². The van der Waals surface area contributed by atoms with Crippen LogP contribution in [0.2, 0.25) is 0 Å². The van der Waals surface area contributed by atoms with Crippen LogP contribution in [-0.4, -0.2) is 75.3 Å². The molecule has 4 unspecified atom stereocenters. The van der Waals surface area contributed by atoms with Gasteiger partial charge in [0.15, 0.2) is 24.8 Å². The van der Waals surface area contributed by atoms with Gasteiger partial charge in [-0.1, -0.05) is 76.2 Å². The quantitative estimate of drug-likeness (QED) is 0.232. The summed E-state index contributed by atoms with van der Waals surface area (Å²) < 4.78 is 43.0. The number of carbonyl (C=O) groups is 2. The Bertz CT molecular complexity index is 1180. The van der Waals surface area contributed by atoms with Crippen LogP contribution in [0.25, 0.3) is 0 Å². The summed E-state index contributed by atoms with van der Waals surface area (Å²) in [7, 11) is 0. The van der Waals surface area contributed by atoms with Gasteiger partial charge in [0.1, 0.15) is 0 Å². The van der Waals surface area contributed by atoms with Gasteiger partial charge >= 0.3 is 11.9 Å². The van der Waals surface area contributed by atoms with Crippen molar-refractivity contribution in [3.8, 4) is 0 Å². The minimum atomic E-state index is -0.818. The van der Waals surface area contributed by atoms with Crippen molar-refractivity contribution in [1.29, 1.82) is 0 Å². The van der Waals surface area contributed by atoms with Gasteiger partial charge in [-0.2, -0.15) is 0 Å². The summed E-state index contributed by atoms with van der Waals surface area (Å²) in [5.74, 6) is -1.01. The first-order chi connectivity index (χ1) is 21.7. The lowest BCUT2D eigenvalue weighted by molar-refractivity contribution is -0.310. The second kappa shape index (κ2) is 17.2. The third-order valence-electron chi connectivity index (χ3n) is 9.03. The summed E-state index contributed by atoms with van der Waals surface area (Å²) in [6.45, 7) is 11.4. The van der Waals surface area contributed by atoms with Gasteiger partial charge in [-0.15, -0.1) is 0 Å². The van der Waals surface area contributed by atoms with E-state index >= 15 is 0 Å². The predicted octanol–water partition coefficient (Wildman–Crippen LogP) is 4.74. The number of benzene rings is 2. The van der Waals surface area contributed by atoms with Gasteiger partial charge in [-0.05, 0) is 42.5 Å². The summed E-state index contributed by atoms with van der Waals surface area (Å²) in [6, 6.07) is 18.8. The van der Waals surface area contributed by atoms with Gasteiger partial charge in [-0.25, -0.2) is 4.79 Å². The summed E-state index contributed by atoms with van der Waals surface area (Å²) in [5, 5.41) is 0. The Kier molecular flexibility index (Phi) is 13.4. The standard InChI is InChI=1S/C35H49NO9/c1-22-24(3)31(42-26(5)37)35(43-29(22)20-39-19-27-13-8-6-9-14-27)41-21-30-23(2)25(4)32(34(44-30)40-18-12-17-36)45-33(38)28-15-10-7-11-16-28/h6-11,13-16,22-25,29-32,34-35H,12,17-21,36H2,1-5H3/t22-,23-,24-,25-,29?,30?,31?,32?,34-,35-/m0/s1. The molecule has 0 saturated carbocycles. The average molecular weight is 628 g/mol. The number of esters is 2. The zero-order valence-corrected chi connectivity index (χ0v) is 27.0. The minimum Gasteiger partial charge on any atom is -0.457 e. The van der Waals surface area contributed by atoms with Crippen LogP contribution >= 0.6 is 0 Å². The van der Waals surface area contributed by atoms with E-state index in [4.69, 9.17) is 38.9 Å². The van der Waals surface area contributed by atoms with Gasteiger partial charge in [0.2, 0.25) is 0 Å². The van der Waals surface area contributed by atoms with Crippen LogP contribution in [0.15, 0.2) is 60.7 Å². The Morgan fingerprint density at radius 2 is 1.29 bits per heavy atom. The largest absolute Gasteiger partial charge is 0.457 e. The number of carbonyl (C=O) groups excluding carboxylic acids is 2. The molecule has 2 N–H and O–H groups in total. The van der Waals surface area contributed by atoms with E-state index in [-0.39, 0.29) is 36.4 Å². The molecule has 0 spiro atoms. The highest BCUT2D eigenvalue weighted by Gasteiger charge is 2.47. The van der Waals surface area contributed by atoms with Crippen molar-refractivity contribution in [2.45, 2.75) is 84.6 Å². The van der Waals surface area contributed by atoms with E-state index < -0.39 is 42.8 Å². The van der Waals surface area contributed by atoms with Crippen molar-refractivity contribution in [3.63, 3.8) is 0 Å². The molecular formula is C35H49NO9. The Morgan fingerprint density at radius 1 is 0.733 bits per heavy atom. The normalized spacial score (nSPS) is 31.7. The molecule has 2 aromatic rings. The number of nitrogens with two attached hydrogens (primary N) is 1. The maximum atomic E-state index is 13.0. The van der Waals surface area contributed by atoms with Crippen molar-refractivity contribution in [1.82, 2.24) is 0 Å². The summed E-state index contributed by atoms with van der Waals surface area (Å²) >= 11 is 0. The molecule has 45 heavy (non-hydrogen) atoms. The molecule has 0 amide bonds. The monoisotopic (exact) mass is 627 g/mol. The smallest absolute Gasteiger partial charge is 0.338 e. The van der Waals surface area contributed by atoms with Crippen molar-refractivity contribution < 1.29 is 42.7 Å². The summed E-state index contributed by atoms with van der Waals surface area (Å²) in [5.41, 5.74) is 7.23. The van der Waals surface area contributed by atoms with Gasteiger partial charge in [0.25, 0.3) is 0 Å². The van der Waals surface area contributed by atoms with E-state index in [0.717, 1.165) is 5.56 Å². The third-order valence-corrected chi connectivity index (χ3v) is 9.03. The van der Waals surface area contributed by atoms with Crippen LogP contribution in [0.3, 0.4) is 0 Å². The molecule has 0 aromatic heterocycles. The molecular weight excluding hydrogens is 578 g/mol. The molecule has 0 aliphatic carbocycles. The Hall–Kier alpha value is -2.86. The molecule has 10 atom stereocenters. The minimum absolute atomic E-state index is 0.0456. The van der Waals surface area contributed by atoms with Gasteiger partial charge in [0.05, 0.1) is 44.2 Å². The molecule has 2 aromatic carbocycles. The van der Waals surface area contributed by atoms with Crippen molar-refractivity contribution in [2.24, 2.45) is 29.4 Å². The van der Waals surface area contributed by atoms with Crippen LogP contribution < -0.4 is 5.73 Å². The van der Waals surface area contributed by atoms with Gasteiger partial charge < -0.3 is 38.9 Å². The fourth-order valence-electron chi connectivity index (χ4n) is 5.79. The van der Waals surface area contributed by atoms with E-state index in [1.807, 2.05) is 57.2 Å². The molecule has 2 heterocycles. The highest BCUT2D eigenvalue weighted by atomic mass is 16.7. The molecule has 248 valence electrons. The van der Waals surface area contributed by atoms with Crippen LogP contribution in [0.1, 0.15) is 57.0 Å². The van der Waals surface area contributed by atoms with Crippen LogP contribution in [0.4, 0.5) is 0 Å². The lowest BCUT2D eigenvalue weighted by atomic mass is 9.83. The molecule has 10 heteroatoms. The Balaban J connectivity index is 1.43. The van der Waals surface area contributed by atoms with Crippen LogP contribution in [0.5, 0.6) is 0 Å². The molecule has 4 rings (SSSR count). The summed E-state index contributed by atoms with van der Waals surface area (Å²) in [4.78, 5) is 25.0. The Morgan fingerprint density at radius 3 is 1.89 bits per heavy atom. The van der Waals surface area contributed by atoms with E-state index in [0.29, 0.717) is 38.3 Å². The molecule has 2 fully saturated rings. The second-order valence-corrected chi connectivity index (χ2v) is 12.2.